The molecule has 1 heterocycles. The minimum Gasteiger partial charge on any atom is -0.455 e. The number of furan rings is 1. The fourth-order valence-electron chi connectivity index (χ4n) is 2.62. The van der Waals surface area contributed by atoms with Crippen molar-refractivity contribution in [2.45, 2.75) is 0 Å². The molecule has 1 aromatic heterocycles. The van der Waals surface area contributed by atoms with Gasteiger partial charge >= 0.3 is 0 Å². The van der Waals surface area contributed by atoms with E-state index in [1.54, 1.807) is 0 Å². The molecule has 0 atom stereocenters. The van der Waals surface area contributed by atoms with Crippen molar-refractivity contribution >= 4 is 44.5 Å². The Balaban J connectivity index is 2.11. The Morgan fingerprint density at radius 2 is 1.60 bits per heavy atom. The quantitative estimate of drug-likeness (QED) is 0.383. The van der Waals surface area contributed by atoms with Crippen LogP contribution in [0.1, 0.15) is 0 Å². The SMILES string of the molecule is Ic1ccc2c(c1)oc1c(-c3ccccc3)cccc12. The fourth-order valence-corrected chi connectivity index (χ4v) is 3.08. The molecule has 1 nitrogen and oxygen atoms in total. The highest BCUT2D eigenvalue weighted by Gasteiger charge is 2.11. The maximum absolute atomic E-state index is 6.11. The molecular formula is C18H11IO. The van der Waals surface area contributed by atoms with Gasteiger partial charge in [-0.15, -0.1) is 0 Å². The molecule has 0 N–H and O–H groups in total. The van der Waals surface area contributed by atoms with Gasteiger partial charge in [0.05, 0.1) is 0 Å². The highest BCUT2D eigenvalue weighted by Crippen LogP contribution is 2.35. The molecule has 20 heavy (non-hydrogen) atoms. The van der Waals surface area contributed by atoms with Gasteiger partial charge in [-0.25, -0.2) is 0 Å². The third kappa shape index (κ3) is 1.83. The van der Waals surface area contributed by atoms with E-state index in [-0.39, 0.29) is 0 Å². The average Bonchev–Trinajstić information content (AvgIpc) is 2.85. The predicted molar refractivity (Wildman–Crippen MR) is 91.9 cm³/mol. The van der Waals surface area contributed by atoms with Crippen molar-refractivity contribution < 1.29 is 4.42 Å². The monoisotopic (exact) mass is 370 g/mol. The minimum atomic E-state index is 0.954. The van der Waals surface area contributed by atoms with Crippen molar-refractivity contribution in [3.63, 3.8) is 0 Å². The van der Waals surface area contributed by atoms with Crippen molar-refractivity contribution in [3.8, 4) is 11.1 Å². The highest BCUT2D eigenvalue weighted by atomic mass is 127. The molecule has 4 rings (SSSR count). The lowest BCUT2D eigenvalue weighted by molar-refractivity contribution is 0.669. The molecule has 0 aliphatic rings. The lowest BCUT2D eigenvalue weighted by atomic mass is 10.0. The molecule has 0 radical (unpaired) electrons. The van der Waals surface area contributed by atoms with Crippen molar-refractivity contribution in [2.75, 3.05) is 0 Å². The lowest BCUT2D eigenvalue weighted by Crippen LogP contribution is -1.77. The van der Waals surface area contributed by atoms with E-state index in [0.717, 1.165) is 16.7 Å². The number of hydrogen-bond donors (Lipinski definition) is 0. The molecule has 4 aromatic rings. The number of rotatable bonds is 1. The Morgan fingerprint density at radius 3 is 2.45 bits per heavy atom. The normalized spacial score (nSPS) is 11.2. The second kappa shape index (κ2) is 4.63. The van der Waals surface area contributed by atoms with Crippen LogP contribution in [0.3, 0.4) is 0 Å². The molecule has 0 aliphatic heterocycles. The van der Waals surface area contributed by atoms with Gasteiger partial charge in [0.2, 0.25) is 0 Å². The lowest BCUT2D eigenvalue weighted by Gasteiger charge is -2.01. The summed E-state index contributed by atoms with van der Waals surface area (Å²) in [4.78, 5) is 0. The smallest absolute Gasteiger partial charge is 0.143 e. The van der Waals surface area contributed by atoms with Gasteiger partial charge in [0.1, 0.15) is 11.2 Å². The summed E-state index contributed by atoms with van der Waals surface area (Å²) in [6, 6.07) is 23.1. The van der Waals surface area contributed by atoms with Crippen LogP contribution in [0, 0.1) is 3.57 Å². The van der Waals surface area contributed by atoms with E-state index in [1.165, 1.54) is 19.9 Å². The molecule has 0 unspecified atom stereocenters. The number of fused-ring (bicyclic) bond motifs is 3. The van der Waals surface area contributed by atoms with Crippen LogP contribution in [0.4, 0.5) is 0 Å². The van der Waals surface area contributed by atoms with E-state index in [9.17, 15) is 0 Å². The Bertz CT molecular complexity index is 907. The molecule has 0 spiro atoms. The van der Waals surface area contributed by atoms with Crippen molar-refractivity contribution in [1.29, 1.82) is 0 Å². The van der Waals surface area contributed by atoms with Crippen LogP contribution in [-0.4, -0.2) is 0 Å². The van der Waals surface area contributed by atoms with Crippen LogP contribution in [0.15, 0.2) is 71.1 Å². The minimum absolute atomic E-state index is 0.954. The Kier molecular flexibility index (Phi) is 2.77. The topological polar surface area (TPSA) is 13.1 Å². The van der Waals surface area contributed by atoms with Gasteiger partial charge in [0, 0.05) is 19.9 Å². The van der Waals surface area contributed by atoms with E-state index >= 15 is 0 Å². The summed E-state index contributed by atoms with van der Waals surface area (Å²) in [6.07, 6.45) is 0. The summed E-state index contributed by atoms with van der Waals surface area (Å²) in [5.41, 5.74) is 4.26. The van der Waals surface area contributed by atoms with E-state index in [1.807, 2.05) is 6.07 Å². The van der Waals surface area contributed by atoms with Crippen LogP contribution in [-0.2, 0) is 0 Å². The van der Waals surface area contributed by atoms with Crippen LogP contribution < -0.4 is 0 Å². The highest BCUT2D eigenvalue weighted by molar-refractivity contribution is 14.1. The number of hydrogen-bond acceptors (Lipinski definition) is 1. The Hall–Kier alpha value is -1.81. The standard InChI is InChI=1S/C18H11IO/c19-13-9-10-15-16-8-4-7-14(12-5-2-1-3-6-12)18(16)20-17(15)11-13/h1-11H. The van der Waals surface area contributed by atoms with E-state index in [0.29, 0.717) is 0 Å². The average molecular weight is 370 g/mol. The first-order valence-corrected chi connectivity index (χ1v) is 7.57. The maximum Gasteiger partial charge on any atom is 0.143 e. The molecule has 0 amide bonds. The van der Waals surface area contributed by atoms with E-state index in [4.69, 9.17) is 4.42 Å². The van der Waals surface area contributed by atoms with Crippen molar-refractivity contribution in [2.24, 2.45) is 0 Å². The first kappa shape index (κ1) is 12.0. The summed E-state index contributed by atoms with van der Waals surface area (Å²) >= 11 is 2.31. The van der Waals surface area contributed by atoms with Crippen molar-refractivity contribution in [1.82, 2.24) is 0 Å². The van der Waals surface area contributed by atoms with Gasteiger partial charge in [0.25, 0.3) is 0 Å². The molecule has 96 valence electrons. The van der Waals surface area contributed by atoms with Crippen LogP contribution in [0.25, 0.3) is 33.1 Å². The third-order valence-corrected chi connectivity index (χ3v) is 4.22. The predicted octanol–water partition coefficient (Wildman–Crippen LogP) is 5.86. The van der Waals surface area contributed by atoms with Crippen LogP contribution in [0.2, 0.25) is 0 Å². The molecule has 0 saturated carbocycles. The van der Waals surface area contributed by atoms with Gasteiger partial charge in [-0.3, -0.25) is 0 Å². The van der Waals surface area contributed by atoms with Gasteiger partial charge in [0.15, 0.2) is 0 Å². The van der Waals surface area contributed by atoms with Gasteiger partial charge < -0.3 is 4.42 Å². The van der Waals surface area contributed by atoms with Crippen LogP contribution >= 0.6 is 22.6 Å². The molecule has 0 fully saturated rings. The number of benzene rings is 3. The number of para-hydroxylation sites is 1. The van der Waals surface area contributed by atoms with Gasteiger partial charge in [-0.1, -0.05) is 48.5 Å². The summed E-state index contributed by atoms with van der Waals surface area (Å²) in [5.74, 6) is 0. The summed E-state index contributed by atoms with van der Waals surface area (Å²) in [5, 5.41) is 2.36. The van der Waals surface area contributed by atoms with Crippen LogP contribution in [0.5, 0.6) is 0 Å². The maximum atomic E-state index is 6.11. The van der Waals surface area contributed by atoms with Crippen molar-refractivity contribution in [3.05, 3.63) is 70.3 Å². The first-order chi connectivity index (χ1) is 9.83. The summed E-state index contributed by atoms with van der Waals surface area (Å²) in [7, 11) is 0. The molecule has 0 aliphatic carbocycles. The zero-order valence-electron chi connectivity index (χ0n) is 10.6. The Labute approximate surface area is 130 Å². The molecule has 0 saturated heterocycles. The zero-order valence-corrected chi connectivity index (χ0v) is 12.8. The van der Waals surface area contributed by atoms with E-state index in [2.05, 4.69) is 83.3 Å². The third-order valence-electron chi connectivity index (χ3n) is 3.55. The molecule has 2 heteroatoms. The van der Waals surface area contributed by atoms with Gasteiger partial charge in [-0.2, -0.15) is 0 Å². The molecule has 3 aromatic carbocycles. The molecule has 0 bridgehead atoms. The zero-order chi connectivity index (χ0) is 13.5. The summed E-state index contributed by atoms with van der Waals surface area (Å²) in [6.45, 7) is 0. The fraction of sp³-hybridized carbons (Fsp3) is 0. The number of halogens is 1. The van der Waals surface area contributed by atoms with Gasteiger partial charge in [-0.05, 0) is 46.4 Å². The first-order valence-electron chi connectivity index (χ1n) is 6.49. The summed E-state index contributed by atoms with van der Waals surface area (Å²) < 4.78 is 7.30. The Morgan fingerprint density at radius 1 is 0.750 bits per heavy atom. The van der Waals surface area contributed by atoms with E-state index < -0.39 is 0 Å². The molecular weight excluding hydrogens is 359 g/mol. The largest absolute Gasteiger partial charge is 0.455 e. The second-order valence-electron chi connectivity index (χ2n) is 4.79. The second-order valence-corrected chi connectivity index (χ2v) is 6.04.